The van der Waals surface area contributed by atoms with Gasteiger partial charge in [0.15, 0.2) is 0 Å². The summed E-state index contributed by atoms with van der Waals surface area (Å²) in [6.45, 7) is 18.3. The Balaban J connectivity index is 1.85. The van der Waals surface area contributed by atoms with Gasteiger partial charge in [0.1, 0.15) is 13.8 Å². The Morgan fingerprint density at radius 3 is 2.29 bits per heavy atom. The number of benzene rings is 1. The van der Waals surface area contributed by atoms with Crippen LogP contribution in [-0.4, -0.2) is 54.6 Å². The van der Waals surface area contributed by atoms with Crippen molar-refractivity contribution in [2.24, 2.45) is 5.92 Å². The average Bonchev–Trinajstić information content (AvgIpc) is 3.59. The van der Waals surface area contributed by atoms with E-state index in [1.165, 1.54) is 5.56 Å². The largest absolute Gasteiger partial charge is 0.490 e. The topological polar surface area (TPSA) is 52.9 Å². The van der Waals surface area contributed by atoms with Gasteiger partial charge in [-0.2, -0.15) is 0 Å². The molecule has 190 valence electrons. The summed E-state index contributed by atoms with van der Waals surface area (Å²) < 4.78 is 6.36. The summed E-state index contributed by atoms with van der Waals surface area (Å²) in [5.74, 6) is 4.64. The van der Waals surface area contributed by atoms with E-state index < -0.39 is 13.7 Å². The predicted octanol–water partition coefficient (Wildman–Crippen LogP) is 5.75. The van der Waals surface area contributed by atoms with Crippen LogP contribution < -0.4 is 4.74 Å². The van der Waals surface area contributed by atoms with Crippen molar-refractivity contribution >= 4 is 8.07 Å². The number of rotatable bonds is 9. The van der Waals surface area contributed by atoms with E-state index in [-0.39, 0.29) is 12.5 Å². The van der Waals surface area contributed by atoms with Crippen molar-refractivity contribution in [2.75, 3.05) is 19.7 Å². The Morgan fingerprint density at radius 1 is 1.09 bits per heavy atom. The van der Waals surface area contributed by atoms with Crippen molar-refractivity contribution in [3.05, 3.63) is 29.3 Å². The van der Waals surface area contributed by atoms with E-state index in [4.69, 9.17) is 4.74 Å². The quantitative estimate of drug-likeness (QED) is 0.345. The summed E-state index contributed by atoms with van der Waals surface area (Å²) in [5, 5.41) is 20.2. The van der Waals surface area contributed by atoms with E-state index in [2.05, 4.69) is 76.1 Å². The molecule has 2 aliphatic rings. The Hall–Kier alpha value is -1.32. The summed E-state index contributed by atoms with van der Waals surface area (Å²) in [6.07, 6.45) is 4.59. The second kappa shape index (κ2) is 11.2. The third-order valence-electron chi connectivity index (χ3n) is 8.27. The van der Waals surface area contributed by atoms with Gasteiger partial charge in [0.25, 0.3) is 0 Å². The minimum Gasteiger partial charge on any atom is -0.490 e. The molecule has 1 heterocycles. The third kappa shape index (κ3) is 6.26. The molecule has 1 saturated carbocycles. The van der Waals surface area contributed by atoms with Gasteiger partial charge in [-0.3, -0.25) is 4.90 Å². The molecular weight excluding hydrogens is 438 g/mol. The van der Waals surface area contributed by atoms with Crippen molar-refractivity contribution in [3.63, 3.8) is 0 Å². The SMILES string of the molecule is CC(C)[Si](C#Cc1ccc(CN2CCC[C@H]([C@](C)(O)CO)C2)c(OC2CC2)c1)(C(C)C)C(C)C. The lowest BCUT2D eigenvalue weighted by Crippen LogP contribution is -2.47. The summed E-state index contributed by atoms with van der Waals surface area (Å²) >= 11 is 0. The Kier molecular flexibility index (Phi) is 8.95. The van der Waals surface area contributed by atoms with Gasteiger partial charge in [-0.15, -0.1) is 5.54 Å². The van der Waals surface area contributed by atoms with Gasteiger partial charge >= 0.3 is 0 Å². The smallest absolute Gasteiger partial charge is 0.146 e. The highest BCUT2D eigenvalue weighted by Crippen LogP contribution is 2.41. The van der Waals surface area contributed by atoms with Crippen LogP contribution in [0.15, 0.2) is 18.2 Å². The van der Waals surface area contributed by atoms with Crippen LogP contribution >= 0.6 is 0 Å². The van der Waals surface area contributed by atoms with E-state index >= 15 is 0 Å². The van der Waals surface area contributed by atoms with E-state index in [9.17, 15) is 10.2 Å². The lowest BCUT2D eigenvalue weighted by Gasteiger charge is -2.39. The van der Waals surface area contributed by atoms with Crippen molar-refractivity contribution in [1.29, 1.82) is 0 Å². The van der Waals surface area contributed by atoms with Gasteiger partial charge in [-0.25, -0.2) is 0 Å². The molecule has 2 N–H and O–H groups in total. The number of hydrogen-bond donors (Lipinski definition) is 2. The van der Waals surface area contributed by atoms with Crippen molar-refractivity contribution < 1.29 is 14.9 Å². The zero-order valence-corrected chi connectivity index (χ0v) is 23.5. The standard InChI is InChI=1S/C29H47NO3Si/c1-21(2)34(22(3)4,23(5)6)16-14-24-10-11-25(28(17-24)33-27-12-13-27)18-30-15-8-9-26(19-30)29(7,32)20-31/h10-11,17,21-23,26-27,31-32H,8-9,12-13,15,18-20H2,1-7H3/t26-,29+/m0/s1. The fourth-order valence-corrected chi connectivity index (χ4v) is 11.2. The van der Waals surface area contributed by atoms with Crippen molar-refractivity contribution in [1.82, 2.24) is 4.90 Å². The molecule has 1 aliphatic heterocycles. The molecule has 1 aromatic carbocycles. The highest BCUT2D eigenvalue weighted by Gasteiger charge is 2.41. The average molecular weight is 486 g/mol. The van der Waals surface area contributed by atoms with Crippen LogP contribution in [0.3, 0.4) is 0 Å². The van der Waals surface area contributed by atoms with Crippen LogP contribution in [-0.2, 0) is 6.54 Å². The maximum atomic E-state index is 10.6. The lowest BCUT2D eigenvalue weighted by molar-refractivity contribution is -0.0697. The summed E-state index contributed by atoms with van der Waals surface area (Å²) in [5.41, 5.74) is 6.92. The highest BCUT2D eigenvalue weighted by molar-refractivity contribution is 6.90. The molecule has 1 aromatic rings. The van der Waals surface area contributed by atoms with Crippen LogP contribution in [0.25, 0.3) is 0 Å². The molecule has 1 aliphatic carbocycles. The second-order valence-electron chi connectivity index (χ2n) is 11.9. The minimum absolute atomic E-state index is 0.0883. The van der Waals surface area contributed by atoms with Crippen molar-refractivity contribution in [2.45, 2.75) is 109 Å². The maximum Gasteiger partial charge on any atom is 0.146 e. The zero-order valence-electron chi connectivity index (χ0n) is 22.5. The van der Waals surface area contributed by atoms with E-state index in [0.717, 1.165) is 56.6 Å². The van der Waals surface area contributed by atoms with Gasteiger partial charge in [0, 0.05) is 30.1 Å². The first kappa shape index (κ1) is 27.3. The monoisotopic (exact) mass is 485 g/mol. The van der Waals surface area contributed by atoms with Gasteiger partial charge in [0.05, 0.1) is 18.3 Å². The summed E-state index contributed by atoms with van der Waals surface area (Å²) in [4.78, 5) is 2.40. The van der Waals surface area contributed by atoms with Gasteiger partial charge in [-0.1, -0.05) is 53.5 Å². The molecule has 0 bridgehead atoms. The first-order valence-electron chi connectivity index (χ1n) is 13.4. The second-order valence-corrected chi connectivity index (χ2v) is 17.5. The number of aliphatic hydroxyl groups excluding tert-OH is 1. The summed E-state index contributed by atoms with van der Waals surface area (Å²) in [7, 11) is -1.78. The maximum absolute atomic E-state index is 10.6. The number of aliphatic hydroxyl groups is 2. The molecular formula is C29H47NO3Si. The van der Waals surface area contributed by atoms with Crippen molar-refractivity contribution in [3.8, 4) is 17.2 Å². The fourth-order valence-electron chi connectivity index (χ4n) is 5.93. The van der Waals surface area contributed by atoms with E-state index in [1.54, 1.807) is 6.92 Å². The van der Waals surface area contributed by atoms with Crippen LogP contribution in [0.4, 0.5) is 0 Å². The Morgan fingerprint density at radius 2 is 1.74 bits per heavy atom. The number of ether oxygens (including phenoxy) is 1. The fraction of sp³-hybridized carbons (Fsp3) is 0.724. The number of likely N-dealkylation sites (tertiary alicyclic amines) is 1. The van der Waals surface area contributed by atoms with Crippen LogP contribution in [0.2, 0.25) is 16.6 Å². The number of hydrogen-bond acceptors (Lipinski definition) is 4. The first-order valence-corrected chi connectivity index (χ1v) is 15.6. The molecule has 34 heavy (non-hydrogen) atoms. The number of nitrogens with zero attached hydrogens (tertiary/aromatic N) is 1. The predicted molar refractivity (Wildman–Crippen MR) is 144 cm³/mol. The normalized spacial score (nSPS) is 21.5. The molecule has 0 spiro atoms. The van der Waals surface area contributed by atoms with Gasteiger partial charge in [-0.05, 0) is 67.9 Å². The highest BCUT2D eigenvalue weighted by atomic mass is 28.3. The Labute approximate surface area is 209 Å². The van der Waals surface area contributed by atoms with E-state index in [0.29, 0.717) is 22.7 Å². The third-order valence-corrected chi connectivity index (χ3v) is 14.6. The molecule has 2 fully saturated rings. The molecule has 5 heteroatoms. The van der Waals surface area contributed by atoms with Gasteiger partial charge < -0.3 is 14.9 Å². The van der Waals surface area contributed by atoms with Crippen LogP contribution in [0.1, 0.15) is 85.3 Å². The molecule has 1 saturated heterocycles. The van der Waals surface area contributed by atoms with Crippen LogP contribution in [0, 0.1) is 17.4 Å². The minimum atomic E-state index is -1.78. The Bertz CT molecular complexity index is 857. The molecule has 0 unspecified atom stereocenters. The first-order chi connectivity index (χ1) is 16.0. The molecule has 4 nitrogen and oxygen atoms in total. The number of piperidine rings is 1. The zero-order chi connectivity index (χ0) is 25.1. The van der Waals surface area contributed by atoms with Crippen LogP contribution in [0.5, 0.6) is 5.75 Å². The molecule has 3 rings (SSSR count). The lowest BCUT2D eigenvalue weighted by atomic mass is 9.83. The molecule has 0 amide bonds. The molecule has 0 radical (unpaired) electrons. The van der Waals surface area contributed by atoms with E-state index in [1.807, 2.05) is 0 Å². The molecule has 2 atom stereocenters. The molecule has 0 aromatic heterocycles. The van der Waals surface area contributed by atoms with Gasteiger partial charge in [0.2, 0.25) is 0 Å². The summed E-state index contributed by atoms with van der Waals surface area (Å²) in [6, 6.07) is 6.51.